The van der Waals surface area contributed by atoms with Crippen LogP contribution in [-0.2, 0) is 17.3 Å². The minimum absolute atomic E-state index is 0.00895. The molecule has 2 saturated heterocycles. The molecule has 2 fully saturated rings. The summed E-state index contributed by atoms with van der Waals surface area (Å²) in [6, 6.07) is 3.33. The molecule has 2 aromatic rings. The van der Waals surface area contributed by atoms with Crippen LogP contribution in [0.1, 0.15) is 60.6 Å². The molecule has 2 atom stereocenters. The number of rotatable bonds is 2. The number of hydrogen-bond acceptors (Lipinski definition) is 4. The van der Waals surface area contributed by atoms with Crippen molar-refractivity contribution in [2.24, 2.45) is 5.92 Å². The van der Waals surface area contributed by atoms with Gasteiger partial charge in [-0.2, -0.15) is 13.2 Å². The molecular formula is C22H25F3N2O3. The lowest BCUT2D eigenvalue weighted by atomic mass is 9.74. The topological polar surface area (TPSA) is 54.6 Å². The van der Waals surface area contributed by atoms with E-state index in [-0.39, 0.29) is 18.2 Å². The van der Waals surface area contributed by atoms with Crippen LogP contribution in [0.2, 0.25) is 0 Å². The Kier molecular flexibility index (Phi) is 4.54. The number of esters is 1. The second-order valence-electron chi connectivity index (χ2n) is 8.49. The second-order valence-corrected chi connectivity index (χ2v) is 8.49. The van der Waals surface area contributed by atoms with Crippen molar-refractivity contribution in [3.63, 3.8) is 0 Å². The number of aromatic nitrogens is 1. The minimum Gasteiger partial charge on any atom is -0.472 e. The molecule has 1 aromatic heterocycles. The molecule has 5 nitrogen and oxygen atoms in total. The summed E-state index contributed by atoms with van der Waals surface area (Å²) in [6.07, 6.45) is 1.09. The first-order valence-corrected chi connectivity index (χ1v) is 10.7. The fourth-order valence-electron chi connectivity index (χ4n) is 5.70. The van der Waals surface area contributed by atoms with E-state index < -0.39 is 23.4 Å². The largest absolute Gasteiger partial charge is 0.472 e. The number of halogens is 3. The van der Waals surface area contributed by atoms with E-state index in [4.69, 9.17) is 9.47 Å². The maximum Gasteiger partial charge on any atom is 0.432 e. The molecule has 1 aromatic carbocycles. The summed E-state index contributed by atoms with van der Waals surface area (Å²) in [7, 11) is 0. The summed E-state index contributed by atoms with van der Waals surface area (Å²) >= 11 is 0. The molecule has 0 radical (unpaired) electrons. The van der Waals surface area contributed by atoms with Crippen LogP contribution in [0, 0.1) is 5.92 Å². The molecule has 3 aliphatic heterocycles. The van der Waals surface area contributed by atoms with Crippen LogP contribution in [0.3, 0.4) is 0 Å². The highest BCUT2D eigenvalue weighted by molar-refractivity contribution is 6.08. The number of ether oxygens (including phenoxy) is 2. The summed E-state index contributed by atoms with van der Waals surface area (Å²) in [5.74, 6) is -0.164. The van der Waals surface area contributed by atoms with Crippen molar-refractivity contribution < 1.29 is 27.4 Å². The summed E-state index contributed by atoms with van der Waals surface area (Å²) in [6.45, 7) is 3.58. The third kappa shape index (κ3) is 2.83. The van der Waals surface area contributed by atoms with Gasteiger partial charge in [0, 0.05) is 41.9 Å². The summed E-state index contributed by atoms with van der Waals surface area (Å²) in [5, 5.41) is 0.293. The highest BCUT2D eigenvalue weighted by Crippen LogP contribution is 2.50. The lowest BCUT2D eigenvalue weighted by Crippen LogP contribution is -2.64. The zero-order valence-corrected chi connectivity index (χ0v) is 16.9. The molecule has 1 N–H and O–H groups in total. The molecule has 4 heterocycles. The second kappa shape index (κ2) is 6.90. The van der Waals surface area contributed by atoms with Crippen LogP contribution in [0.4, 0.5) is 13.2 Å². The normalized spacial score (nSPS) is 26.5. The first-order chi connectivity index (χ1) is 14.3. The molecule has 0 saturated carbocycles. The number of nitrogens with zero attached hydrogens (tertiary/aromatic N) is 1. The molecule has 162 valence electrons. The molecule has 3 aliphatic rings. The molecule has 1 spiro atoms. The Balaban J connectivity index is 1.69. The highest BCUT2D eigenvalue weighted by Gasteiger charge is 2.52. The van der Waals surface area contributed by atoms with Crippen LogP contribution < -0.4 is 4.74 Å². The lowest BCUT2D eigenvalue weighted by molar-refractivity contribution is -0.177. The number of hydrogen-bond donors (Lipinski definition) is 1. The molecule has 30 heavy (non-hydrogen) atoms. The first-order valence-electron chi connectivity index (χ1n) is 10.7. The number of piperidine rings is 2. The summed E-state index contributed by atoms with van der Waals surface area (Å²) < 4.78 is 52.8. The number of aromatic amines is 1. The van der Waals surface area contributed by atoms with Gasteiger partial charge in [-0.05, 0) is 51.2 Å². The quantitative estimate of drug-likeness (QED) is 0.700. The number of benzene rings is 1. The fraction of sp³-hybridized carbons (Fsp3) is 0.591. The van der Waals surface area contributed by atoms with Crippen LogP contribution in [0.25, 0.3) is 10.9 Å². The van der Waals surface area contributed by atoms with Crippen LogP contribution >= 0.6 is 0 Å². The fourth-order valence-corrected chi connectivity index (χ4v) is 5.70. The van der Waals surface area contributed by atoms with E-state index in [2.05, 4.69) is 9.88 Å². The monoisotopic (exact) mass is 422 g/mol. The Labute approximate surface area is 172 Å². The molecule has 0 bridgehead atoms. The summed E-state index contributed by atoms with van der Waals surface area (Å²) in [5.41, 5.74) is -0.866. The van der Waals surface area contributed by atoms with Gasteiger partial charge in [-0.1, -0.05) is 0 Å². The molecule has 0 amide bonds. The van der Waals surface area contributed by atoms with E-state index in [1.807, 2.05) is 0 Å². The Morgan fingerprint density at radius 2 is 2.10 bits per heavy atom. The van der Waals surface area contributed by atoms with Crippen molar-refractivity contribution in [3.8, 4) is 5.75 Å². The SMILES string of the molecule is CCOC(=O)c1c(C(F)(F)F)[nH]c2ccc3c(c12)CC1CCCN2CCCCC12O3. The number of alkyl halides is 3. The van der Waals surface area contributed by atoms with E-state index in [0.29, 0.717) is 28.6 Å². The van der Waals surface area contributed by atoms with Crippen LogP contribution in [0.5, 0.6) is 5.75 Å². The zero-order chi connectivity index (χ0) is 21.1. The molecule has 2 unspecified atom stereocenters. The Morgan fingerprint density at radius 1 is 1.30 bits per heavy atom. The van der Waals surface area contributed by atoms with E-state index >= 15 is 0 Å². The summed E-state index contributed by atoms with van der Waals surface area (Å²) in [4.78, 5) is 17.4. The lowest BCUT2D eigenvalue weighted by Gasteiger charge is -2.56. The van der Waals surface area contributed by atoms with E-state index in [0.717, 1.165) is 45.2 Å². The Bertz CT molecular complexity index is 998. The van der Waals surface area contributed by atoms with Gasteiger partial charge in [-0.15, -0.1) is 0 Å². The maximum atomic E-state index is 13.7. The van der Waals surface area contributed by atoms with Gasteiger partial charge in [0.25, 0.3) is 0 Å². The first kappa shape index (κ1) is 19.7. The number of H-pyrrole nitrogens is 1. The van der Waals surface area contributed by atoms with Crippen molar-refractivity contribution in [1.82, 2.24) is 9.88 Å². The smallest absolute Gasteiger partial charge is 0.432 e. The average Bonchev–Trinajstić information content (AvgIpc) is 3.12. The predicted molar refractivity (Wildman–Crippen MR) is 104 cm³/mol. The molecule has 0 aliphatic carbocycles. The van der Waals surface area contributed by atoms with Crippen molar-refractivity contribution in [2.75, 3.05) is 19.7 Å². The van der Waals surface area contributed by atoms with Gasteiger partial charge in [0.05, 0.1) is 12.2 Å². The van der Waals surface area contributed by atoms with Crippen molar-refractivity contribution in [3.05, 3.63) is 29.0 Å². The zero-order valence-electron chi connectivity index (χ0n) is 16.9. The molecular weight excluding hydrogens is 397 g/mol. The van der Waals surface area contributed by atoms with Gasteiger partial charge in [-0.3, -0.25) is 4.90 Å². The van der Waals surface area contributed by atoms with Gasteiger partial charge < -0.3 is 14.5 Å². The van der Waals surface area contributed by atoms with E-state index in [1.54, 1.807) is 19.1 Å². The predicted octanol–water partition coefficient (Wildman–Crippen LogP) is 4.89. The third-order valence-corrected chi connectivity index (χ3v) is 6.90. The maximum absolute atomic E-state index is 13.7. The number of carbonyl (C=O) groups excluding carboxylic acids is 1. The third-order valence-electron chi connectivity index (χ3n) is 6.90. The number of carbonyl (C=O) groups is 1. The standard InChI is InChI=1S/C22H25F3N2O3/c1-2-29-20(28)18-17-14-12-13-6-5-11-27-10-4-3-9-21(13,27)30-16(14)8-7-15(17)26-19(18)22(23,24)25/h7-8,13,26H,2-6,9-12H2,1H3. The number of fused-ring (bicyclic) bond motifs is 3. The van der Waals surface area contributed by atoms with Gasteiger partial charge in [-0.25, -0.2) is 4.79 Å². The van der Waals surface area contributed by atoms with E-state index in [9.17, 15) is 18.0 Å². The van der Waals surface area contributed by atoms with Crippen LogP contribution in [-0.4, -0.2) is 41.3 Å². The Morgan fingerprint density at radius 3 is 2.87 bits per heavy atom. The number of nitrogens with one attached hydrogen (secondary N) is 1. The minimum atomic E-state index is -4.68. The van der Waals surface area contributed by atoms with Gasteiger partial charge in [0.15, 0.2) is 5.72 Å². The van der Waals surface area contributed by atoms with Gasteiger partial charge in [0.1, 0.15) is 11.4 Å². The van der Waals surface area contributed by atoms with Gasteiger partial charge >= 0.3 is 12.1 Å². The van der Waals surface area contributed by atoms with Gasteiger partial charge in [0.2, 0.25) is 0 Å². The molecule has 5 rings (SSSR count). The average molecular weight is 422 g/mol. The Hall–Kier alpha value is -2.22. The van der Waals surface area contributed by atoms with Crippen molar-refractivity contribution >= 4 is 16.9 Å². The van der Waals surface area contributed by atoms with Crippen molar-refractivity contribution in [1.29, 1.82) is 0 Å². The van der Waals surface area contributed by atoms with Crippen molar-refractivity contribution in [2.45, 2.75) is 57.3 Å². The van der Waals surface area contributed by atoms with Crippen LogP contribution in [0.15, 0.2) is 12.1 Å². The molecule has 8 heteroatoms. The van der Waals surface area contributed by atoms with E-state index in [1.165, 1.54) is 0 Å². The highest BCUT2D eigenvalue weighted by atomic mass is 19.4.